The van der Waals surface area contributed by atoms with Crippen molar-refractivity contribution in [3.63, 3.8) is 0 Å². The zero-order valence-corrected chi connectivity index (χ0v) is 12.5. The van der Waals surface area contributed by atoms with Gasteiger partial charge in [0.2, 0.25) is 0 Å². The summed E-state index contributed by atoms with van der Waals surface area (Å²) < 4.78 is 0. The molecule has 0 fully saturated rings. The molecular weight excluding hydrogens is 260 g/mol. The number of carboxylic acids is 1. The van der Waals surface area contributed by atoms with E-state index in [4.69, 9.17) is 10.2 Å². The lowest BCUT2D eigenvalue weighted by Crippen LogP contribution is -2.42. The molecule has 2 unspecified atom stereocenters. The van der Waals surface area contributed by atoms with Crippen LogP contribution < -0.4 is 0 Å². The number of hydrogen-bond donors (Lipinski definition) is 4. The fraction of sp³-hybridized carbons (Fsp3) is 0.667. The average Bonchev–Trinajstić information content (AvgIpc) is 2.34. The van der Waals surface area contributed by atoms with Gasteiger partial charge in [-0.25, -0.2) is 4.79 Å². The van der Waals surface area contributed by atoms with Gasteiger partial charge in [0.25, 0.3) is 0 Å². The Morgan fingerprint density at radius 2 is 1.85 bits per heavy atom. The third-order valence-corrected chi connectivity index (χ3v) is 3.25. The molecule has 0 amide bonds. The summed E-state index contributed by atoms with van der Waals surface area (Å²) in [4.78, 5) is 10.4. The highest BCUT2D eigenvalue weighted by atomic mass is 16.4. The molecule has 0 spiro atoms. The van der Waals surface area contributed by atoms with Crippen molar-refractivity contribution in [2.45, 2.75) is 58.2 Å². The SMILES string of the molecule is C/C(=C/C(=O)O)CC/C=C(\C)CCC(O)C(C)(O)CO. The van der Waals surface area contributed by atoms with E-state index in [1.807, 2.05) is 13.0 Å². The number of aliphatic carboxylic acids is 1. The van der Waals surface area contributed by atoms with Crippen molar-refractivity contribution < 1.29 is 25.2 Å². The summed E-state index contributed by atoms with van der Waals surface area (Å²) in [6, 6.07) is 0. The Morgan fingerprint density at radius 1 is 1.25 bits per heavy atom. The Labute approximate surface area is 120 Å². The quantitative estimate of drug-likeness (QED) is 0.381. The van der Waals surface area contributed by atoms with E-state index in [1.165, 1.54) is 13.0 Å². The fourth-order valence-corrected chi connectivity index (χ4v) is 1.71. The zero-order chi connectivity index (χ0) is 15.8. The van der Waals surface area contributed by atoms with E-state index in [0.717, 1.165) is 17.6 Å². The minimum Gasteiger partial charge on any atom is -0.478 e. The minimum atomic E-state index is -1.47. The van der Waals surface area contributed by atoms with Crippen molar-refractivity contribution in [3.8, 4) is 0 Å². The van der Waals surface area contributed by atoms with Crippen LogP contribution in [0.1, 0.15) is 46.5 Å². The highest BCUT2D eigenvalue weighted by molar-refractivity contribution is 5.80. The molecule has 0 aliphatic heterocycles. The predicted octanol–water partition coefficient (Wildman–Crippen LogP) is 1.63. The Bertz CT molecular complexity index is 368. The predicted molar refractivity (Wildman–Crippen MR) is 77.3 cm³/mol. The molecule has 0 bridgehead atoms. The van der Waals surface area contributed by atoms with Gasteiger partial charge in [-0.2, -0.15) is 0 Å². The van der Waals surface area contributed by atoms with Crippen molar-refractivity contribution in [1.29, 1.82) is 0 Å². The molecule has 5 heteroatoms. The largest absolute Gasteiger partial charge is 0.478 e. The van der Waals surface area contributed by atoms with E-state index >= 15 is 0 Å². The number of rotatable bonds is 9. The first kappa shape index (κ1) is 18.8. The summed E-state index contributed by atoms with van der Waals surface area (Å²) in [5.41, 5.74) is 0.409. The van der Waals surface area contributed by atoms with Crippen LogP contribution in [0.5, 0.6) is 0 Å². The fourth-order valence-electron chi connectivity index (χ4n) is 1.71. The van der Waals surface area contributed by atoms with E-state index in [0.29, 0.717) is 19.3 Å². The monoisotopic (exact) mass is 286 g/mol. The third-order valence-electron chi connectivity index (χ3n) is 3.25. The number of hydrogen-bond acceptors (Lipinski definition) is 4. The second kappa shape index (κ2) is 8.89. The molecular formula is C15H26O5. The van der Waals surface area contributed by atoms with Crippen molar-refractivity contribution in [2.75, 3.05) is 6.61 Å². The van der Waals surface area contributed by atoms with Gasteiger partial charge in [-0.1, -0.05) is 17.2 Å². The standard InChI is InChI=1S/C15H26O5/c1-11(5-4-6-12(2)9-14(18)19)7-8-13(17)15(3,20)10-16/h5,9,13,16-17,20H,4,6-8,10H2,1-3H3,(H,18,19)/b11-5+,12-9-. The van der Waals surface area contributed by atoms with Crippen molar-refractivity contribution in [1.82, 2.24) is 0 Å². The summed E-state index contributed by atoms with van der Waals surface area (Å²) in [6.45, 7) is 4.63. The summed E-state index contributed by atoms with van der Waals surface area (Å²) in [7, 11) is 0. The van der Waals surface area contributed by atoms with E-state index in [-0.39, 0.29) is 0 Å². The Balaban J connectivity index is 4.13. The number of allylic oxidation sites excluding steroid dienone is 3. The zero-order valence-electron chi connectivity index (χ0n) is 12.5. The van der Waals surface area contributed by atoms with E-state index in [1.54, 1.807) is 6.92 Å². The molecule has 0 aromatic rings. The summed E-state index contributed by atoms with van der Waals surface area (Å²) >= 11 is 0. The second-order valence-corrected chi connectivity index (χ2v) is 5.49. The van der Waals surface area contributed by atoms with Crippen molar-refractivity contribution in [2.24, 2.45) is 0 Å². The number of carboxylic acid groups (broad SMARTS) is 1. The van der Waals surface area contributed by atoms with Crippen LogP contribution in [0.3, 0.4) is 0 Å². The Kier molecular flexibility index (Phi) is 8.37. The molecule has 116 valence electrons. The van der Waals surface area contributed by atoms with Gasteiger partial charge < -0.3 is 20.4 Å². The van der Waals surface area contributed by atoms with Gasteiger partial charge in [-0.05, 0) is 46.5 Å². The van der Waals surface area contributed by atoms with Gasteiger partial charge in [-0.15, -0.1) is 0 Å². The number of aliphatic hydroxyl groups is 3. The summed E-state index contributed by atoms with van der Waals surface area (Å²) in [6.07, 6.45) is 4.66. The molecule has 0 rings (SSSR count). The first-order valence-corrected chi connectivity index (χ1v) is 6.76. The Morgan fingerprint density at radius 3 is 2.35 bits per heavy atom. The van der Waals surface area contributed by atoms with Crippen LogP contribution in [-0.4, -0.2) is 44.7 Å². The first-order chi connectivity index (χ1) is 9.19. The smallest absolute Gasteiger partial charge is 0.328 e. The summed E-state index contributed by atoms with van der Waals surface area (Å²) in [5.74, 6) is -0.933. The molecule has 0 aliphatic rings. The van der Waals surface area contributed by atoms with Crippen LogP contribution in [0.15, 0.2) is 23.3 Å². The molecule has 0 saturated heterocycles. The highest BCUT2D eigenvalue weighted by Gasteiger charge is 2.28. The molecule has 0 aromatic carbocycles. The molecule has 5 nitrogen and oxygen atoms in total. The Hall–Kier alpha value is -1.17. The van der Waals surface area contributed by atoms with Crippen LogP contribution in [0.2, 0.25) is 0 Å². The van der Waals surface area contributed by atoms with Gasteiger partial charge in [0.05, 0.1) is 12.7 Å². The molecule has 2 atom stereocenters. The van der Waals surface area contributed by atoms with Gasteiger partial charge in [0, 0.05) is 6.08 Å². The molecule has 0 heterocycles. The minimum absolute atomic E-state index is 0.375. The van der Waals surface area contributed by atoms with Crippen LogP contribution in [-0.2, 0) is 4.79 Å². The van der Waals surface area contributed by atoms with Crippen LogP contribution in [0.25, 0.3) is 0 Å². The first-order valence-electron chi connectivity index (χ1n) is 6.76. The van der Waals surface area contributed by atoms with E-state index < -0.39 is 24.3 Å². The van der Waals surface area contributed by atoms with E-state index in [9.17, 15) is 15.0 Å². The maximum absolute atomic E-state index is 10.4. The maximum Gasteiger partial charge on any atom is 0.328 e. The topological polar surface area (TPSA) is 98.0 Å². The van der Waals surface area contributed by atoms with Gasteiger partial charge in [-0.3, -0.25) is 0 Å². The normalized spacial score (nSPS) is 17.7. The average molecular weight is 286 g/mol. The van der Waals surface area contributed by atoms with Crippen LogP contribution >= 0.6 is 0 Å². The lowest BCUT2D eigenvalue weighted by atomic mass is 9.94. The van der Waals surface area contributed by atoms with Gasteiger partial charge in [0.1, 0.15) is 5.60 Å². The molecule has 0 aliphatic carbocycles. The third kappa shape index (κ3) is 8.09. The molecule has 0 saturated carbocycles. The second-order valence-electron chi connectivity index (χ2n) is 5.49. The molecule has 0 radical (unpaired) electrons. The molecule has 4 N–H and O–H groups in total. The van der Waals surface area contributed by atoms with Crippen molar-refractivity contribution >= 4 is 5.97 Å². The van der Waals surface area contributed by atoms with Crippen LogP contribution in [0.4, 0.5) is 0 Å². The highest BCUT2D eigenvalue weighted by Crippen LogP contribution is 2.17. The van der Waals surface area contributed by atoms with Crippen LogP contribution in [0, 0.1) is 0 Å². The van der Waals surface area contributed by atoms with Gasteiger partial charge >= 0.3 is 5.97 Å². The molecule has 20 heavy (non-hydrogen) atoms. The maximum atomic E-state index is 10.4. The lowest BCUT2D eigenvalue weighted by Gasteiger charge is -2.26. The lowest BCUT2D eigenvalue weighted by molar-refractivity contribution is -0.131. The molecule has 0 aromatic heterocycles. The van der Waals surface area contributed by atoms with Gasteiger partial charge in [0.15, 0.2) is 0 Å². The van der Waals surface area contributed by atoms with Crippen molar-refractivity contribution in [3.05, 3.63) is 23.3 Å². The summed E-state index contributed by atoms with van der Waals surface area (Å²) in [5, 5.41) is 36.9. The number of carbonyl (C=O) groups is 1. The van der Waals surface area contributed by atoms with E-state index in [2.05, 4.69) is 0 Å². The number of aliphatic hydroxyl groups excluding tert-OH is 2.